The topological polar surface area (TPSA) is 55.8 Å². The van der Waals surface area contributed by atoms with E-state index in [-0.39, 0.29) is 0 Å². The monoisotopic (exact) mass is 292 g/mol. The van der Waals surface area contributed by atoms with Gasteiger partial charge in [-0.3, -0.25) is 9.69 Å². The van der Waals surface area contributed by atoms with Crippen molar-refractivity contribution in [3.63, 3.8) is 0 Å². The Labute approximate surface area is 125 Å². The molecule has 0 spiro atoms. The van der Waals surface area contributed by atoms with Crippen molar-refractivity contribution in [2.24, 2.45) is 5.41 Å². The van der Waals surface area contributed by atoms with E-state index in [2.05, 4.69) is 0 Å². The molecule has 0 fully saturated rings. The van der Waals surface area contributed by atoms with Gasteiger partial charge < -0.3 is 14.3 Å². The first kappa shape index (κ1) is 17.2. The van der Waals surface area contributed by atoms with Gasteiger partial charge in [0.15, 0.2) is 0 Å². The van der Waals surface area contributed by atoms with Crippen LogP contribution < -0.4 is 9.47 Å². The van der Waals surface area contributed by atoms with Crippen LogP contribution in [-0.4, -0.2) is 50.8 Å². The molecule has 1 radical (unpaired) electrons. The minimum atomic E-state index is -0.841. The number of rotatable bonds is 9. The maximum absolute atomic E-state index is 11.2. The number of methoxy groups -OCH3 is 1. The average molecular weight is 292 g/mol. The quantitative estimate of drug-likeness (QED) is 0.649. The first-order chi connectivity index (χ1) is 9.94. The van der Waals surface area contributed by atoms with Crippen molar-refractivity contribution in [1.82, 2.24) is 4.90 Å². The fraction of sp³-hybridized carbons (Fsp3) is 0.500. The van der Waals surface area contributed by atoms with Crippen LogP contribution in [0.1, 0.15) is 13.8 Å². The number of aldehydes is 1. The molecule has 21 heavy (non-hydrogen) atoms. The average Bonchev–Trinajstić information content (AvgIpc) is 2.48. The minimum absolute atomic E-state index is 0.406. The van der Waals surface area contributed by atoms with Crippen LogP contribution >= 0.6 is 0 Å². The maximum atomic E-state index is 11.2. The van der Waals surface area contributed by atoms with Crippen LogP contribution in [0.3, 0.4) is 0 Å². The van der Waals surface area contributed by atoms with Crippen LogP contribution in [0.4, 0.5) is 0 Å². The minimum Gasteiger partial charge on any atom is -0.497 e. The molecule has 0 aliphatic heterocycles. The van der Waals surface area contributed by atoms with Gasteiger partial charge in [-0.1, -0.05) is 19.9 Å². The molecule has 1 aromatic rings. The lowest BCUT2D eigenvalue weighted by Gasteiger charge is -2.32. The van der Waals surface area contributed by atoms with Gasteiger partial charge in [-0.05, 0) is 19.2 Å². The molecule has 1 rings (SSSR count). The van der Waals surface area contributed by atoms with Crippen molar-refractivity contribution in [2.75, 3.05) is 27.3 Å². The van der Waals surface area contributed by atoms with E-state index in [1.807, 2.05) is 24.5 Å². The van der Waals surface area contributed by atoms with E-state index in [0.717, 1.165) is 12.0 Å². The highest BCUT2D eigenvalue weighted by molar-refractivity contribution is 5.71. The Morgan fingerprint density at radius 2 is 2.05 bits per heavy atom. The van der Waals surface area contributed by atoms with Gasteiger partial charge in [-0.25, -0.2) is 0 Å². The number of benzene rings is 1. The number of carbonyl (C=O) groups is 1. The van der Waals surface area contributed by atoms with Gasteiger partial charge in [0.25, 0.3) is 0 Å². The lowest BCUT2D eigenvalue weighted by atomic mass is 9.86. The fourth-order valence-electron chi connectivity index (χ4n) is 2.02. The Balaban J connectivity index is 2.54. The van der Waals surface area contributed by atoms with Gasteiger partial charge in [0.1, 0.15) is 24.4 Å². The Kier molecular flexibility index (Phi) is 6.37. The summed E-state index contributed by atoms with van der Waals surface area (Å²) < 4.78 is 10.7. The third kappa shape index (κ3) is 4.86. The molecule has 0 bridgehead atoms. The molecular formula is C16H22NO4. The number of carbonyl (C=O) groups excluding carboxylic acids is 2. The molecule has 0 aliphatic carbocycles. The van der Waals surface area contributed by atoms with Gasteiger partial charge in [0.05, 0.1) is 18.6 Å². The largest absolute Gasteiger partial charge is 0.497 e. The number of hydrogen-bond donors (Lipinski definition) is 0. The number of hydrogen-bond acceptors (Lipinski definition) is 5. The van der Waals surface area contributed by atoms with Crippen molar-refractivity contribution in [2.45, 2.75) is 19.9 Å². The molecule has 0 aliphatic rings. The molecule has 0 N–H and O–H groups in total. The molecule has 0 heterocycles. The zero-order valence-electron chi connectivity index (χ0n) is 13.0. The second-order valence-corrected chi connectivity index (χ2v) is 5.41. The molecule has 1 aromatic carbocycles. The number of likely N-dealkylation sites (N-methyl/N-ethyl adjacent to an activating group) is 1. The zero-order valence-corrected chi connectivity index (χ0v) is 13.0. The first-order valence-electron chi connectivity index (χ1n) is 6.76. The smallest absolute Gasteiger partial charge is 0.206 e. The van der Waals surface area contributed by atoms with Crippen LogP contribution in [0.5, 0.6) is 11.5 Å². The van der Waals surface area contributed by atoms with Gasteiger partial charge in [-0.2, -0.15) is 0 Å². The highest BCUT2D eigenvalue weighted by Gasteiger charge is 2.32. The second-order valence-electron chi connectivity index (χ2n) is 5.41. The van der Waals surface area contributed by atoms with E-state index in [1.54, 1.807) is 39.0 Å². The summed E-state index contributed by atoms with van der Waals surface area (Å²) in [6.07, 6.45) is 2.69. The molecule has 5 heteroatoms. The third-order valence-corrected chi connectivity index (χ3v) is 3.36. The lowest BCUT2D eigenvalue weighted by molar-refractivity contribution is -0.114. The molecule has 115 valence electrons. The molecule has 0 amide bonds. The highest BCUT2D eigenvalue weighted by Crippen LogP contribution is 2.21. The van der Waals surface area contributed by atoms with E-state index < -0.39 is 11.5 Å². The van der Waals surface area contributed by atoms with Gasteiger partial charge >= 0.3 is 0 Å². The lowest BCUT2D eigenvalue weighted by Crippen LogP contribution is -2.46. The molecule has 1 atom stereocenters. The van der Waals surface area contributed by atoms with Crippen molar-refractivity contribution in [3.05, 3.63) is 24.3 Å². The van der Waals surface area contributed by atoms with E-state index >= 15 is 0 Å². The molecule has 0 saturated heterocycles. The van der Waals surface area contributed by atoms with Crippen LogP contribution in [0.15, 0.2) is 24.3 Å². The van der Waals surface area contributed by atoms with Crippen molar-refractivity contribution in [1.29, 1.82) is 0 Å². The summed E-state index contributed by atoms with van der Waals surface area (Å²) in [6, 6.07) is 6.78. The van der Waals surface area contributed by atoms with E-state index in [1.165, 1.54) is 0 Å². The summed E-state index contributed by atoms with van der Waals surface area (Å²) in [6.45, 7) is 4.31. The molecule has 0 saturated carbocycles. The van der Waals surface area contributed by atoms with Crippen LogP contribution in [0, 0.1) is 5.41 Å². The predicted molar refractivity (Wildman–Crippen MR) is 80.4 cm³/mol. The number of nitrogens with zero attached hydrogens (tertiary/aromatic N) is 1. The Hall–Kier alpha value is -1.88. The summed E-state index contributed by atoms with van der Waals surface area (Å²) in [5.41, 5.74) is -0.841. The van der Waals surface area contributed by atoms with E-state index in [9.17, 15) is 9.59 Å². The summed E-state index contributed by atoms with van der Waals surface area (Å²) in [5, 5.41) is 0. The predicted octanol–water partition coefficient (Wildman–Crippen LogP) is 1.71. The maximum Gasteiger partial charge on any atom is 0.206 e. The third-order valence-electron chi connectivity index (χ3n) is 3.36. The van der Waals surface area contributed by atoms with E-state index in [4.69, 9.17) is 9.47 Å². The Bertz CT molecular complexity index is 473. The van der Waals surface area contributed by atoms with Crippen molar-refractivity contribution in [3.8, 4) is 11.5 Å². The molecular weight excluding hydrogens is 270 g/mol. The van der Waals surface area contributed by atoms with Crippen molar-refractivity contribution >= 4 is 12.6 Å². The van der Waals surface area contributed by atoms with Gasteiger partial charge in [0, 0.05) is 12.6 Å². The molecule has 1 unspecified atom stereocenters. The first-order valence-corrected chi connectivity index (χ1v) is 6.76. The van der Waals surface area contributed by atoms with E-state index in [0.29, 0.717) is 18.9 Å². The fourth-order valence-corrected chi connectivity index (χ4v) is 2.02. The van der Waals surface area contributed by atoms with Crippen LogP contribution in [0.2, 0.25) is 0 Å². The van der Waals surface area contributed by atoms with Crippen molar-refractivity contribution < 1.29 is 19.1 Å². The summed E-state index contributed by atoms with van der Waals surface area (Å²) in [7, 11) is 3.38. The Morgan fingerprint density at radius 3 is 2.62 bits per heavy atom. The SMILES string of the molecule is COc1cccc(OCCN(C)C(C=O)C(C)(C)[C]=O)c1. The van der Waals surface area contributed by atoms with Crippen LogP contribution in [0.25, 0.3) is 0 Å². The highest BCUT2D eigenvalue weighted by atomic mass is 16.5. The van der Waals surface area contributed by atoms with Gasteiger partial charge in [-0.15, -0.1) is 0 Å². The van der Waals surface area contributed by atoms with Gasteiger partial charge in [0.2, 0.25) is 6.29 Å². The normalized spacial score (nSPS) is 12.8. The van der Waals surface area contributed by atoms with Crippen LogP contribution in [-0.2, 0) is 9.59 Å². The standard InChI is InChI=1S/C16H22NO4/c1-16(2,12-19)15(11-18)17(3)8-9-21-14-7-5-6-13(10-14)20-4/h5-7,10-11,15H,8-9H2,1-4H3. The summed E-state index contributed by atoms with van der Waals surface area (Å²) in [4.78, 5) is 23.9. The summed E-state index contributed by atoms with van der Waals surface area (Å²) >= 11 is 0. The molecule has 5 nitrogen and oxygen atoms in total. The zero-order chi connectivity index (χ0) is 15.9. The number of ether oxygens (including phenoxy) is 2. The summed E-state index contributed by atoms with van der Waals surface area (Å²) in [5.74, 6) is 1.43. The second kappa shape index (κ2) is 7.78. The Morgan fingerprint density at radius 1 is 1.38 bits per heavy atom. The molecule has 0 aromatic heterocycles.